The van der Waals surface area contributed by atoms with Crippen molar-refractivity contribution < 1.29 is 9.66 Å². The molecule has 2 aromatic carbocycles. The Labute approximate surface area is 157 Å². The maximum atomic E-state index is 10.8. The molecule has 0 aliphatic rings. The van der Waals surface area contributed by atoms with Crippen molar-refractivity contribution in [3.05, 3.63) is 62.7 Å². The molecular formula is C18H19ClN2O3S. The number of nitrogens with one attached hydrogen (secondary N) is 1. The summed E-state index contributed by atoms with van der Waals surface area (Å²) in [4.78, 5) is 10.8. The molecular weight excluding hydrogens is 360 g/mol. The van der Waals surface area contributed by atoms with Crippen molar-refractivity contribution in [2.75, 3.05) is 12.4 Å². The Bertz CT molecular complexity index is 832. The number of thiocarbonyl (C=S) groups is 1. The number of rotatable bonds is 4. The van der Waals surface area contributed by atoms with Crippen molar-refractivity contribution in [3.8, 4) is 5.75 Å². The van der Waals surface area contributed by atoms with Gasteiger partial charge in [0.1, 0.15) is 10.7 Å². The van der Waals surface area contributed by atoms with E-state index in [1.54, 1.807) is 13.2 Å². The van der Waals surface area contributed by atoms with Gasteiger partial charge in [0, 0.05) is 23.3 Å². The van der Waals surface area contributed by atoms with Crippen LogP contribution in [0, 0.1) is 10.1 Å². The summed E-state index contributed by atoms with van der Waals surface area (Å²) < 4.78 is 5.43. The van der Waals surface area contributed by atoms with Crippen molar-refractivity contribution in [1.29, 1.82) is 0 Å². The van der Waals surface area contributed by atoms with Gasteiger partial charge < -0.3 is 10.1 Å². The Morgan fingerprint density at radius 2 is 1.92 bits per heavy atom. The number of ether oxygens (including phenoxy) is 1. The highest BCUT2D eigenvalue weighted by Crippen LogP contribution is 2.33. The highest BCUT2D eigenvalue weighted by Gasteiger charge is 2.20. The van der Waals surface area contributed by atoms with Crippen molar-refractivity contribution in [2.45, 2.75) is 26.2 Å². The van der Waals surface area contributed by atoms with Gasteiger partial charge in [-0.3, -0.25) is 10.1 Å². The van der Waals surface area contributed by atoms with E-state index in [0.29, 0.717) is 10.7 Å². The minimum absolute atomic E-state index is 0.0686. The van der Waals surface area contributed by atoms with E-state index < -0.39 is 4.92 Å². The molecule has 0 aromatic heterocycles. The quantitative estimate of drug-likeness (QED) is 0.441. The molecule has 132 valence electrons. The highest BCUT2D eigenvalue weighted by atomic mass is 35.5. The Kier molecular flexibility index (Phi) is 5.65. The minimum Gasteiger partial charge on any atom is -0.496 e. The predicted molar refractivity (Wildman–Crippen MR) is 105 cm³/mol. The maximum Gasteiger partial charge on any atom is 0.271 e. The van der Waals surface area contributed by atoms with Crippen LogP contribution in [0.2, 0.25) is 5.02 Å². The lowest BCUT2D eigenvalue weighted by Crippen LogP contribution is -2.16. The number of hydrogen-bond acceptors (Lipinski definition) is 4. The number of benzene rings is 2. The molecule has 2 rings (SSSR count). The zero-order valence-corrected chi connectivity index (χ0v) is 16.0. The van der Waals surface area contributed by atoms with Crippen LogP contribution in [0.5, 0.6) is 5.75 Å². The molecule has 7 heteroatoms. The molecule has 0 fully saturated rings. The van der Waals surface area contributed by atoms with Crippen molar-refractivity contribution >= 4 is 40.2 Å². The Morgan fingerprint density at radius 1 is 1.24 bits per heavy atom. The first kappa shape index (κ1) is 19.1. The Morgan fingerprint density at radius 3 is 2.44 bits per heavy atom. The summed E-state index contributed by atoms with van der Waals surface area (Å²) in [6.45, 7) is 6.29. The van der Waals surface area contributed by atoms with Gasteiger partial charge in [0.2, 0.25) is 0 Å². The number of nitrogens with zero attached hydrogens (tertiary/aromatic N) is 1. The lowest BCUT2D eigenvalue weighted by molar-refractivity contribution is -0.384. The van der Waals surface area contributed by atoms with E-state index in [2.05, 4.69) is 26.1 Å². The van der Waals surface area contributed by atoms with E-state index in [0.717, 1.165) is 16.9 Å². The molecule has 0 saturated carbocycles. The zero-order chi connectivity index (χ0) is 18.8. The third-order valence-corrected chi connectivity index (χ3v) is 4.33. The first-order chi connectivity index (χ1) is 11.6. The van der Waals surface area contributed by atoms with Crippen molar-refractivity contribution in [3.63, 3.8) is 0 Å². The van der Waals surface area contributed by atoms with Gasteiger partial charge in [0.25, 0.3) is 5.69 Å². The van der Waals surface area contributed by atoms with Crippen LogP contribution in [0.4, 0.5) is 11.4 Å². The Hall–Kier alpha value is -2.18. The average Bonchev–Trinajstić information content (AvgIpc) is 2.55. The van der Waals surface area contributed by atoms with Gasteiger partial charge in [-0.1, -0.05) is 44.6 Å². The lowest BCUT2D eigenvalue weighted by atomic mass is 9.85. The molecule has 25 heavy (non-hydrogen) atoms. The Balaban J connectivity index is 2.31. The van der Waals surface area contributed by atoms with Crippen LogP contribution in [0.15, 0.2) is 36.4 Å². The zero-order valence-electron chi connectivity index (χ0n) is 14.4. The molecule has 0 radical (unpaired) electrons. The largest absolute Gasteiger partial charge is 0.496 e. The monoisotopic (exact) mass is 378 g/mol. The molecule has 0 aliphatic carbocycles. The van der Waals surface area contributed by atoms with E-state index >= 15 is 0 Å². The van der Waals surface area contributed by atoms with Gasteiger partial charge >= 0.3 is 0 Å². The fourth-order valence-electron chi connectivity index (χ4n) is 2.35. The number of halogens is 1. The number of nitro benzene ring substituents is 1. The molecule has 1 N–H and O–H groups in total. The molecule has 0 aliphatic heterocycles. The number of non-ortho nitro benzene ring substituents is 1. The van der Waals surface area contributed by atoms with E-state index in [9.17, 15) is 10.1 Å². The highest BCUT2D eigenvalue weighted by molar-refractivity contribution is 7.81. The third kappa shape index (κ3) is 4.46. The number of methoxy groups -OCH3 is 1. The summed E-state index contributed by atoms with van der Waals surface area (Å²) in [6, 6.07) is 9.94. The van der Waals surface area contributed by atoms with Crippen LogP contribution in [0.25, 0.3) is 0 Å². The molecule has 0 saturated heterocycles. The molecule has 0 unspecified atom stereocenters. The minimum atomic E-state index is -0.493. The first-order valence-corrected chi connectivity index (χ1v) is 8.36. The maximum absolute atomic E-state index is 10.8. The predicted octanol–water partition coefficient (Wildman–Crippen LogP) is 5.34. The van der Waals surface area contributed by atoms with Crippen LogP contribution in [0.3, 0.4) is 0 Å². The summed E-state index contributed by atoms with van der Waals surface area (Å²) in [6.07, 6.45) is 0. The second-order valence-corrected chi connectivity index (χ2v) is 7.36. The summed E-state index contributed by atoms with van der Waals surface area (Å²) in [5, 5.41) is 14.1. The van der Waals surface area contributed by atoms with Gasteiger partial charge in [0.15, 0.2) is 0 Å². The fraction of sp³-hybridized carbons (Fsp3) is 0.278. The fourth-order valence-corrected chi connectivity index (χ4v) is 2.81. The standard InChI is InChI=1S/C18H19ClN2O3S/c1-18(2,3)13-9-11(5-8-16(13)24-4)17(25)20-15-7-6-12(21(22)23)10-14(15)19/h5-10H,1-4H3,(H,20,25). The first-order valence-electron chi connectivity index (χ1n) is 7.57. The molecule has 0 bridgehead atoms. The van der Waals surface area contributed by atoms with E-state index in [4.69, 9.17) is 28.6 Å². The SMILES string of the molecule is COc1ccc(C(=S)Nc2ccc([N+](=O)[O-])cc2Cl)cc1C(C)(C)C. The van der Waals surface area contributed by atoms with Crippen LogP contribution in [-0.4, -0.2) is 17.0 Å². The van der Waals surface area contributed by atoms with Gasteiger partial charge in [0.05, 0.1) is 22.7 Å². The van der Waals surface area contributed by atoms with E-state index in [1.807, 2.05) is 18.2 Å². The second-order valence-electron chi connectivity index (χ2n) is 6.54. The number of hydrogen-bond donors (Lipinski definition) is 1. The normalized spacial score (nSPS) is 11.1. The van der Waals surface area contributed by atoms with Gasteiger partial charge in [-0.25, -0.2) is 0 Å². The van der Waals surface area contributed by atoms with E-state index in [1.165, 1.54) is 12.1 Å². The summed E-state index contributed by atoms with van der Waals surface area (Å²) in [5.41, 5.74) is 2.19. The second kappa shape index (κ2) is 7.37. The summed E-state index contributed by atoms with van der Waals surface area (Å²) >= 11 is 11.6. The van der Waals surface area contributed by atoms with Crippen LogP contribution < -0.4 is 10.1 Å². The van der Waals surface area contributed by atoms with Gasteiger partial charge in [-0.05, 0) is 29.7 Å². The molecule has 0 amide bonds. The third-order valence-electron chi connectivity index (χ3n) is 3.68. The molecule has 0 heterocycles. The van der Waals surface area contributed by atoms with Crippen molar-refractivity contribution in [1.82, 2.24) is 0 Å². The lowest BCUT2D eigenvalue weighted by Gasteiger charge is -2.23. The molecule has 0 spiro atoms. The van der Waals surface area contributed by atoms with Crippen LogP contribution >= 0.6 is 23.8 Å². The van der Waals surface area contributed by atoms with Gasteiger partial charge in [-0.15, -0.1) is 0 Å². The van der Waals surface area contributed by atoms with E-state index in [-0.39, 0.29) is 16.1 Å². The molecule has 2 aromatic rings. The smallest absolute Gasteiger partial charge is 0.271 e. The van der Waals surface area contributed by atoms with Gasteiger partial charge in [-0.2, -0.15) is 0 Å². The van der Waals surface area contributed by atoms with Crippen LogP contribution in [0.1, 0.15) is 31.9 Å². The number of anilines is 1. The average molecular weight is 379 g/mol. The molecule has 5 nitrogen and oxygen atoms in total. The topological polar surface area (TPSA) is 64.4 Å². The summed E-state index contributed by atoms with van der Waals surface area (Å²) in [7, 11) is 1.64. The van der Waals surface area contributed by atoms with Crippen LogP contribution in [-0.2, 0) is 5.41 Å². The van der Waals surface area contributed by atoms with Crippen molar-refractivity contribution in [2.24, 2.45) is 0 Å². The number of nitro groups is 1. The summed E-state index contributed by atoms with van der Waals surface area (Å²) in [5.74, 6) is 0.799. The molecule has 0 atom stereocenters.